The Morgan fingerprint density at radius 3 is 2.15 bits per heavy atom. The van der Waals surface area contributed by atoms with Crippen LogP contribution < -0.4 is 5.73 Å². The molecule has 0 fully saturated rings. The SMILES string of the molecule is CCN(C(=O)CCC(CCN)C(C)C)C(C)CN(C)C. The van der Waals surface area contributed by atoms with Gasteiger partial charge in [-0.15, -0.1) is 0 Å². The number of amides is 1. The molecule has 0 aromatic heterocycles. The van der Waals surface area contributed by atoms with E-state index in [1.165, 1.54) is 0 Å². The molecule has 4 heteroatoms. The molecule has 0 heterocycles. The number of nitrogens with two attached hydrogens (primary N) is 1. The van der Waals surface area contributed by atoms with Crippen molar-refractivity contribution in [2.45, 2.75) is 53.0 Å². The highest BCUT2D eigenvalue weighted by Gasteiger charge is 2.21. The van der Waals surface area contributed by atoms with Crippen LogP contribution in [0.2, 0.25) is 0 Å². The van der Waals surface area contributed by atoms with Crippen LogP contribution in [0.1, 0.15) is 47.0 Å². The van der Waals surface area contributed by atoms with Crippen molar-refractivity contribution in [2.24, 2.45) is 17.6 Å². The van der Waals surface area contributed by atoms with Crippen molar-refractivity contribution in [3.63, 3.8) is 0 Å². The topological polar surface area (TPSA) is 49.6 Å². The van der Waals surface area contributed by atoms with Crippen LogP contribution in [0.25, 0.3) is 0 Å². The fourth-order valence-electron chi connectivity index (χ4n) is 2.84. The van der Waals surface area contributed by atoms with Gasteiger partial charge < -0.3 is 15.5 Å². The first kappa shape index (κ1) is 19.4. The Bertz CT molecular complexity index is 266. The van der Waals surface area contributed by atoms with E-state index in [2.05, 4.69) is 32.6 Å². The minimum absolute atomic E-state index is 0.273. The van der Waals surface area contributed by atoms with Crippen LogP contribution in [0.5, 0.6) is 0 Å². The molecule has 0 saturated carbocycles. The van der Waals surface area contributed by atoms with Crippen molar-refractivity contribution in [3.05, 3.63) is 0 Å². The summed E-state index contributed by atoms with van der Waals surface area (Å²) in [5, 5.41) is 0. The first-order chi connectivity index (χ1) is 9.33. The van der Waals surface area contributed by atoms with Crippen molar-refractivity contribution < 1.29 is 4.79 Å². The van der Waals surface area contributed by atoms with Crippen LogP contribution in [-0.2, 0) is 4.79 Å². The second kappa shape index (κ2) is 10.2. The lowest BCUT2D eigenvalue weighted by Gasteiger charge is -2.31. The van der Waals surface area contributed by atoms with Gasteiger partial charge in [-0.1, -0.05) is 13.8 Å². The molecular weight excluding hydrogens is 250 g/mol. The average Bonchev–Trinajstić information content (AvgIpc) is 2.33. The van der Waals surface area contributed by atoms with Crippen LogP contribution >= 0.6 is 0 Å². The number of carbonyl (C=O) groups is 1. The summed E-state index contributed by atoms with van der Waals surface area (Å²) in [7, 11) is 4.09. The highest BCUT2D eigenvalue weighted by Crippen LogP contribution is 2.21. The zero-order valence-corrected chi connectivity index (χ0v) is 14.4. The smallest absolute Gasteiger partial charge is 0.222 e. The number of nitrogens with zero attached hydrogens (tertiary/aromatic N) is 2. The van der Waals surface area contributed by atoms with E-state index in [0.717, 1.165) is 25.9 Å². The van der Waals surface area contributed by atoms with Gasteiger partial charge in [-0.3, -0.25) is 4.79 Å². The molecule has 4 nitrogen and oxygen atoms in total. The molecule has 1 amide bonds. The zero-order valence-electron chi connectivity index (χ0n) is 14.4. The molecule has 0 aliphatic rings. The Kier molecular flexibility index (Phi) is 9.86. The monoisotopic (exact) mass is 285 g/mol. The normalized spacial score (nSPS) is 14.7. The van der Waals surface area contributed by atoms with Crippen LogP contribution in [0, 0.1) is 11.8 Å². The van der Waals surface area contributed by atoms with Gasteiger partial charge in [0.25, 0.3) is 0 Å². The van der Waals surface area contributed by atoms with Crippen LogP contribution in [0.4, 0.5) is 0 Å². The molecule has 2 unspecified atom stereocenters. The van der Waals surface area contributed by atoms with Gasteiger partial charge in [0, 0.05) is 25.6 Å². The number of likely N-dealkylation sites (N-methyl/N-ethyl adjacent to an activating group) is 2. The highest BCUT2D eigenvalue weighted by molar-refractivity contribution is 5.76. The summed E-state index contributed by atoms with van der Waals surface area (Å²) in [6.07, 6.45) is 2.62. The average molecular weight is 285 g/mol. The lowest BCUT2D eigenvalue weighted by atomic mass is 9.88. The molecule has 0 rings (SSSR count). The lowest BCUT2D eigenvalue weighted by molar-refractivity contribution is -0.133. The fourth-order valence-corrected chi connectivity index (χ4v) is 2.84. The number of carbonyl (C=O) groups excluding carboxylic acids is 1. The standard InChI is InChI=1S/C16H35N3O/c1-7-19(14(4)12-18(5)6)16(20)9-8-15(10-11-17)13(2)3/h13-15H,7-12,17H2,1-6H3. The van der Waals surface area contributed by atoms with Gasteiger partial charge in [0.1, 0.15) is 0 Å². The Morgan fingerprint density at radius 1 is 1.15 bits per heavy atom. The molecule has 2 atom stereocenters. The van der Waals surface area contributed by atoms with E-state index in [4.69, 9.17) is 5.73 Å². The maximum atomic E-state index is 12.4. The summed E-state index contributed by atoms with van der Waals surface area (Å²) in [6.45, 7) is 11.0. The summed E-state index contributed by atoms with van der Waals surface area (Å²) in [6, 6.07) is 0.273. The summed E-state index contributed by atoms with van der Waals surface area (Å²) in [4.78, 5) is 16.5. The fraction of sp³-hybridized carbons (Fsp3) is 0.938. The predicted octanol–water partition coefficient (Wildman–Crippen LogP) is 2.19. The van der Waals surface area contributed by atoms with E-state index in [1.54, 1.807) is 0 Å². The first-order valence-corrected chi connectivity index (χ1v) is 7.97. The Labute approximate surface area is 125 Å². The molecular formula is C16H35N3O. The largest absolute Gasteiger partial charge is 0.339 e. The minimum Gasteiger partial charge on any atom is -0.339 e. The predicted molar refractivity (Wildman–Crippen MR) is 86.6 cm³/mol. The molecule has 0 radical (unpaired) electrons. The van der Waals surface area contributed by atoms with Crippen LogP contribution in [-0.4, -0.2) is 55.5 Å². The van der Waals surface area contributed by atoms with Gasteiger partial charge >= 0.3 is 0 Å². The molecule has 20 heavy (non-hydrogen) atoms. The maximum Gasteiger partial charge on any atom is 0.222 e. The Hall–Kier alpha value is -0.610. The van der Waals surface area contributed by atoms with Gasteiger partial charge in [-0.2, -0.15) is 0 Å². The molecule has 0 bridgehead atoms. The van der Waals surface area contributed by atoms with E-state index in [9.17, 15) is 4.79 Å². The Morgan fingerprint density at radius 2 is 1.75 bits per heavy atom. The van der Waals surface area contributed by atoms with Gasteiger partial charge in [0.15, 0.2) is 0 Å². The third-order valence-electron chi connectivity index (χ3n) is 4.03. The van der Waals surface area contributed by atoms with E-state index in [1.807, 2.05) is 19.0 Å². The van der Waals surface area contributed by atoms with E-state index in [0.29, 0.717) is 24.8 Å². The van der Waals surface area contributed by atoms with Crippen molar-refractivity contribution in [1.29, 1.82) is 0 Å². The maximum absolute atomic E-state index is 12.4. The third-order valence-corrected chi connectivity index (χ3v) is 4.03. The first-order valence-electron chi connectivity index (χ1n) is 7.97. The van der Waals surface area contributed by atoms with Crippen molar-refractivity contribution in [2.75, 3.05) is 33.7 Å². The molecule has 0 aromatic carbocycles. The van der Waals surface area contributed by atoms with Crippen LogP contribution in [0.3, 0.4) is 0 Å². The van der Waals surface area contributed by atoms with Crippen molar-refractivity contribution in [3.8, 4) is 0 Å². The quantitative estimate of drug-likeness (QED) is 0.669. The molecule has 0 aliphatic heterocycles. The zero-order chi connectivity index (χ0) is 15.7. The summed E-state index contributed by atoms with van der Waals surface area (Å²) in [5.41, 5.74) is 5.66. The van der Waals surface area contributed by atoms with Crippen LogP contribution in [0.15, 0.2) is 0 Å². The summed E-state index contributed by atoms with van der Waals surface area (Å²) < 4.78 is 0. The van der Waals surface area contributed by atoms with E-state index >= 15 is 0 Å². The molecule has 0 aromatic rings. The van der Waals surface area contributed by atoms with Crippen molar-refractivity contribution in [1.82, 2.24) is 9.80 Å². The van der Waals surface area contributed by atoms with Gasteiger partial charge in [-0.25, -0.2) is 0 Å². The molecule has 2 N–H and O–H groups in total. The molecule has 0 spiro atoms. The number of hydrogen-bond donors (Lipinski definition) is 1. The Balaban J connectivity index is 4.40. The summed E-state index contributed by atoms with van der Waals surface area (Å²) in [5.74, 6) is 1.44. The molecule has 0 aliphatic carbocycles. The second-order valence-corrected chi connectivity index (χ2v) is 6.41. The summed E-state index contributed by atoms with van der Waals surface area (Å²) >= 11 is 0. The molecule has 0 saturated heterocycles. The van der Waals surface area contributed by atoms with Crippen molar-refractivity contribution >= 4 is 5.91 Å². The minimum atomic E-state index is 0.273. The van der Waals surface area contributed by atoms with Gasteiger partial charge in [0.2, 0.25) is 5.91 Å². The molecule has 120 valence electrons. The van der Waals surface area contributed by atoms with E-state index in [-0.39, 0.29) is 11.9 Å². The van der Waals surface area contributed by atoms with Gasteiger partial charge in [-0.05, 0) is 59.2 Å². The van der Waals surface area contributed by atoms with E-state index < -0.39 is 0 Å². The highest BCUT2D eigenvalue weighted by atomic mass is 16.2. The third kappa shape index (κ3) is 7.25. The number of hydrogen-bond acceptors (Lipinski definition) is 3. The van der Waals surface area contributed by atoms with Gasteiger partial charge in [0.05, 0.1) is 0 Å². The second-order valence-electron chi connectivity index (χ2n) is 6.41. The lowest BCUT2D eigenvalue weighted by Crippen LogP contribution is -2.43. The number of rotatable bonds is 10.